The Balaban J connectivity index is 2.15. The smallest absolute Gasteiger partial charge is 0.305 e. The number of carbonyl (C=O) groups excluding carboxylic acids is 1. The van der Waals surface area contributed by atoms with Crippen LogP contribution in [0.1, 0.15) is 42.1 Å². The molecule has 0 radical (unpaired) electrons. The predicted molar refractivity (Wildman–Crippen MR) is 113 cm³/mol. The Morgan fingerprint density at radius 1 is 1.14 bits per heavy atom. The zero-order chi connectivity index (χ0) is 20.3. The molecule has 1 N–H and O–H groups in total. The number of ether oxygens (including phenoxy) is 1. The number of nitrogens with zero attached hydrogens (tertiary/aromatic N) is 1. The number of esters is 1. The number of halogens is 1. The fraction of sp³-hybridized carbons (Fsp3) is 0.348. The minimum absolute atomic E-state index is 0.223. The first kappa shape index (κ1) is 20.3. The monoisotopic (exact) mass is 399 g/mol. The largest absolute Gasteiger partial charge is 0.508 e. The summed E-state index contributed by atoms with van der Waals surface area (Å²) < 4.78 is 7.08. The molecular formula is C23H26ClNO3. The Morgan fingerprint density at radius 2 is 1.86 bits per heavy atom. The summed E-state index contributed by atoms with van der Waals surface area (Å²) in [6, 6.07) is 11.5. The highest BCUT2D eigenvalue weighted by Crippen LogP contribution is 2.35. The number of carbonyl (C=O) groups is 1. The molecule has 0 saturated carbocycles. The summed E-state index contributed by atoms with van der Waals surface area (Å²) in [6.45, 7) is 4.86. The van der Waals surface area contributed by atoms with E-state index in [-0.39, 0.29) is 5.97 Å². The minimum Gasteiger partial charge on any atom is -0.508 e. The molecule has 0 aliphatic heterocycles. The quantitative estimate of drug-likeness (QED) is 0.540. The van der Waals surface area contributed by atoms with E-state index < -0.39 is 0 Å². The number of aryl methyl sites for hydroxylation is 2. The van der Waals surface area contributed by atoms with Gasteiger partial charge in [-0.25, -0.2) is 0 Å². The van der Waals surface area contributed by atoms with Gasteiger partial charge in [0.2, 0.25) is 0 Å². The first-order valence-corrected chi connectivity index (χ1v) is 9.97. The minimum atomic E-state index is -0.223. The molecule has 0 aliphatic rings. The molecule has 0 atom stereocenters. The molecular weight excluding hydrogens is 374 g/mol. The maximum atomic E-state index is 11.8. The molecule has 2 aromatic carbocycles. The number of rotatable bonds is 7. The summed E-state index contributed by atoms with van der Waals surface area (Å²) in [4.78, 5) is 11.8. The van der Waals surface area contributed by atoms with Crippen LogP contribution in [0.4, 0.5) is 0 Å². The van der Waals surface area contributed by atoms with E-state index in [0.717, 1.165) is 46.1 Å². The van der Waals surface area contributed by atoms with Crippen LogP contribution >= 0.6 is 11.6 Å². The van der Waals surface area contributed by atoms with Crippen molar-refractivity contribution in [3.8, 4) is 5.75 Å². The average molecular weight is 400 g/mol. The number of fused-ring (bicyclic) bond motifs is 1. The van der Waals surface area contributed by atoms with E-state index in [1.54, 1.807) is 6.07 Å². The second-order valence-electron chi connectivity index (χ2n) is 7.07. The zero-order valence-corrected chi connectivity index (χ0v) is 17.3. The number of aromatic hydroxyl groups is 1. The number of methoxy groups -OCH3 is 1. The molecule has 1 aromatic heterocycles. The molecule has 0 unspecified atom stereocenters. The summed E-state index contributed by atoms with van der Waals surface area (Å²) in [5.74, 6) is 0.111. The van der Waals surface area contributed by atoms with Crippen molar-refractivity contribution >= 4 is 28.5 Å². The van der Waals surface area contributed by atoms with Crippen LogP contribution in [0, 0.1) is 6.92 Å². The summed E-state index contributed by atoms with van der Waals surface area (Å²) in [6.07, 6.45) is 2.67. The standard InChI is InChI=1S/C23H26ClNO3/c1-4-5-18-21(26)12-10-20-23(18)15(2)19(11-13-22(27)28-3)25(20)14-16-6-8-17(24)9-7-16/h6-10,12,26H,4-5,11,13-14H2,1-3H3. The van der Waals surface area contributed by atoms with E-state index >= 15 is 0 Å². The number of phenolic OH excluding ortho intramolecular Hbond substituents is 1. The van der Waals surface area contributed by atoms with E-state index in [2.05, 4.69) is 18.4 Å². The van der Waals surface area contributed by atoms with Gasteiger partial charge in [-0.05, 0) is 55.2 Å². The number of hydrogen-bond donors (Lipinski definition) is 1. The molecule has 3 aromatic rings. The van der Waals surface area contributed by atoms with Gasteiger partial charge >= 0.3 is 5.97 Å². The fourth-order valence-electron chi connectivity index (χ4n) is 3.86. The number of hydrogen-bond acceptors (Lipinski definition) is 3. The molecule has 148 valence electrons. The van der Waals surface area contributed by atoms with Gasteiger partial charge in [-0.1, -0.05) is 37.1 Å². The van der Waals surface area contributed by atoms with Crippen molar-refractivity contribution in [1.29, 1.82) is 0 Å². The van der Waals surface area contributed by atoms with Crippen molar-refractivity contribution in [2.24, 2.45) is 0 Å². The van der Waals surface area contributed by atoms with Crippen molar-refractivity contribution in [3.05, 3.63) is 63.8 Å². The molecule has 1 heterocycles. The predicted octanol–water partition coefficient (Wildman–Crippen LogP) is 5.42. The highest BCUT2D eigenvalue weighted by atomic mass is 35.5. The summed E-state index contributed by atoms with van der Waals surface area (Å²) >= 11 is 6.03. The lowest BCUT2D eigenvalue weighted by Crippen LogP contribution is -2.09. The van der Waals surface area contributed by atoms with Gasteiger partial charge in [0.15, 0.2) is 0 Å². The van der Waals surface area contributed by atoms with Gasteiger partial charge in [0, 0.05) is 33.7 Å². The van der Waals surface area contributed by atoms with Crippen LogP contribution in [-0.4, -0.2) is 22.8 Å². The lowest BCUT2D eigenvalue weighted by Gasteiger charge is -2.12. The topological polar surface area (TPSA) is 51.5 Å². The van der Waals surface area contributed by atoms with Crippen molar-refractivity contribution in [2.75, 3.05) is 7.11 Å². The third kappa shape index (κ3) is 4.02. The van der Waals surface area contributed by atoms with Crippen LogP contribution in [0.2, 0.25) is 5.02 Å². The molecule has 0 spiro atoms. The highest BCUT2D eigenvalue weighted by Gasteiger charge is 2.19. The summed E-state index contributed by atoms with van der Waals surface area (Å²) in [7, 11) is 1.41. The fourth-order valence-corrected chi connectivity index (χ4v) is 3.99. The first-order chi connectivity index (χ1) is 13.5. The van der Waals surface area contributed by atoms with Crippen molar-refractivity contribution < 1.29 is 14.6 Å². The highest BCUT2D eigenvalue weighted by molar-refractivity contribution is 6.30. The molecule has 28 heavy (non-hydrogen) atoms. The third-order valence-electron chi connectivity index (χ3n) is 5.24. The van der Waals surface area contributed by atoms with Gasteiger partial charge in [0.05, 0.1) is 13.5 Å². The van der Waals surface area contributed by atoms with E-state index in [1.807, 2.05) is 30.3 Å². The van der Waals surface area contributed by atoms with Crippen molar-refractivity contribution in [3.63, 3.8) is 0 Å². The Kier molecular flexibility index (Phi) is 6.30. The molecule has 0 bridgehead atoms. The SMILES string of the molecule is CCCc1c(O)ccc2c1c(C)c(CCC(=O)OC)n2Cc1ccc(Cl)cc1. The molecule has 0 amide bonds. The lowest BCUT2D eigenvalue weighted by molar-refractivity contribution is -0.140. The van der Waals surface area contributed by atoms with E-state index in [0.29, 0.717) is 30.2 Å². The number of benzene rings is 2. The second-order valence-corrected chi connectivity index (χ2v) is 7.50. The maximum absolute atomic E-state index is 11.8. The summed E-state index contributed by atoms with van der Waals surface area (Å²) in [5, 5.41) is 12.2. The van der Waals surface area contributed by atoms with Crippen LogP contribution < -0.4 is 0 Å². The van der Waals surface area contributed by atoms with Gasteiger partial charge in [-0.3, -0.25) is 4.79 Å². The van der Waals surface area contributed by atoms with Crippen LogP contribution in [-0.2, 0) is 28.9 Å². The first-order valence-electron chi connectivity index (χ1n) is 9.60. The van der Waals surface area contributed by atoms with Gasteiger partial charge in [-0.15, -0.1) is 0 Å². The van der Waals surface area contributed by atoms with Crippen molar-refractivity contribution in [1.82, 2.24) is 4.57 Å². The second kappa shape index (κ2) is 8.70. The molecule has 0 aliphatic carbocycles. The van der Waals surface area contributed by atoms with E-state index in [4.69, 9.17) is 16.3 Å². The van der Waals surface area contributed by atoms with Gasteiger partial charge in [0.1, 0.15) is 5.75 Å². The Bertz CT molecular complexity index is 989. The molecule has 4 nitrogen and oxygen atoms in total. The number of phenols is 1. The normalized spacial score (nSPS) is 11.1. The maximum Gasteiger partial charge on any atom is 0.305 e. The molecule has 0 fully saturated rings. The third-order valence-corrected chi connectivity index (χ3v) is 5.49. The van der Waals surface area contributed by atoms with Crippen molar-refractivity contribution in [2.45, 2.75) is 46.1 Å². The van der Waals surface area contributed by atoms with Crippen LogP contribution in [0.25, 0.3) is 10.9 Å². The lowest BCUT2D eigenvalue weighted by atomic mass is 10.00. The van der Waals surface area contributed by atoms with Gasteiger partial charge < -0.3 is 14.4 Å². The number of aromatic nitrogens is 1. The molecule has 0 saturated heterocycles. The van der Waals surface area contributed by atoms with Crippen LogP contribution in [0.15, 0.2) is 36.4 Å². The summed E-state index contributed by atoms with van der Waals surface area (Å²) in [5.41, 5.74) is 5.40. The van der Waals surface area contributed by atoms with Gasteiger partial charge in [-0.2, -0.15) is 0 Å². The van der Waals surface area contributed by atoms with Crippen LogP contribution in [0.5, 0.6) is 5.75 Å². The molecule has 5 heteroatoms. The Morgan fingerprint density at radius 3 is 2.50 bits per heavy atom. The van der Waals surface area contributed by atoms with Gasteiger partial charge in [0.25, 0.3) is 0 Å². The Labute approximate surface area is 170 Å². The van der Waals surface area contributed by atoms with E-state index in [9.17, 15) is 9.90 Å². The Hall–Kier alpha value is -2.46. The van der Waals surface area contributed by atoms with E-state index in [1.165, 1.54) is 7.11 Å². The molecule has 3 rings (SSSR count). The van der Waals surface area contributed by atoms with Crippen LogP contribution in [0.3, 0.4) is 0 Å². The average Bonchev–Trinajstić information content (AvgIpc) is 2.95. The zero-order valence-electron chi connectivity index (χ0n) is 16.6.